The molecule has 6 heteroatoms. The number of fused-ring (bicyclic) bond motifs is 1. The van der Waals surface area contributed by atoms with Gasteiger partial charge in [0.25, 0.3) is 11.6 Å². The first-order valence-corrected chi connectivity index (χ1v) is 6.83. The Kier molecular flexibility index (Phi) is 3.64. The molecule has 1 amide bonds. The summed E-state index contributed by atoms with van der Waals surface area (Å²) in [6.07, 6.45) is 0. The number of amides is 1. The van der Waals surface area contributed by atoms with Crippen LogP contribution in [0.4, 0.5) is 11.4 Å². The number of aromatic hydroxyl groups is 1. The smallest absolute Gasteiger partial charge is 0.269 e. The zero-order chi connectivity index (χ0) is 16.4. The molecule has 0 bridgehead atoms. The van der Waals surface area contributed by atoms with E-state index in [0.29, 0.717) is 11.1 Å². The number of hydrogen-bond donors (Lipinski definition) is 2. The fourth-order valence-corrected chi connectivity index (χ4v) is 2.36. The van der Waals surface area contributed by atoms with Crippen molar-refractivity contribution in [1.82, 2.24) is 0 Å². The molecule has 6 nitrogen and oxygen atoms in total. The molecule has 0 aromatic heterocycles. The highest BCUT2D eigenvalue weighted by atomic mass is 16.6. The average molecular weight is 308 g/mol. The fourth-order valence-electron chi connectivity index (χ4n) is 2.36. The lowest BCUT2D eigenvalue weighted by molar-refractivity contribution is -0.384. The van der Waals surface area contributed by atoms with Crippen LogP contribution in [0.15, 0.2) is 60.7 Å². The number of anilines is 1. The van der Waals surface area contributed by atoms with Crippen LogP contribution in [0.5, 0.6) is 5.75 Å². The third kappa shape index (κ3) is 2.82. The van der Waals surface area contributed by atoms with Gasteiger partial charge in [-0.3, -0.25) is 14.9 Å². The van der Waals surface area contributed by atoms with Gasteiger partial charge in [-0.1, -0.05) is 30.3 Å². The molecule has 0 radical (unpaired) electrons. The van der Waals surface area contributed by atoms with E-state index in [1.54, 1.807) is 18.2 Å². The van der Waals surface area contributed by atoms with Crippen molar-refractivity contribution in [3.05, 3.63) is 76.3 Å². The molecular formula is C17H12N2O4. The van der Waals surface area contributed by atoms with Gasteiger partial charge < -0.3 is 10.4 Å². The Morgan fingerprint density at radius 1 is 1.00 bits per heavy atom. The van der Waals surface area contributed by atoms with Crippen LogP contribution in [0.1, 0.15) is 10.4 Å². The molecule has 23 heavy (non-hydrogen) atoms. The minimum Gasteiger partial charge on any atom is -0.507 e. The van der Waals surface area contributed by atoms with Crippen molar-refractivity contribution in [2.75, 3.05) is 5.32 Å². The highest BCUT2D eigenvalue weighted by Gasteiger charge is 2.15. The number of phenols is 1. The predicted octanol–water partition coefficient (Wildman–Crippen LogP) is 3.71. The van der Waals surface area contributed by atoms with Gasteiger partial charge in [-0.2, -0.15) is 0 Å². The number of nitro benzene ring substituents is 1. The number of carbonyl (C=O) groups excluding carboxylic acids is 1. The first-order valence-electron chi connectivity index (χ1n) is 6.83. The Hall–Kier alpha value is -3.41. The van der Waals surface area contributed by atoms with E-state index in [2.05, 4.69) is 5.32 Å². The molecule has 0 aliphatic rings. The molecule has 0 saturated heterocycles. The van der Waals surface area contributed by atoms with E-state index in [9.17, 15) is 20.0 Å². The number of nitro groups is 1. The molecule has 0 fully saturated rings. The molecular weight excluding hydrogens is 296 g/mol. The monoisotopic (exact) mass is 308 g/mol. The Balaban J connectivity index is 1.94. The molecule has 114 valence electrons. The SMILES string of the molecule is O=C(Nc1ccc([N+](=O)[O-])cc1)c1c(O)ccc2ccccc12. The van der Waals surface area contributed by atoms with Crippen LogP contribution >= 0.6 is 0 Å². The minimum absolute atomic E-state index is 0.0593. The molecule has 0 unspecified atom stereocenters. The molecule has 0 spiro atoms. The van der Waals surface area contributed by atoms with E-state index in [4.69, 9.17) is 0 Å². The second-order valence-electron chi connectivity index (χ2n) is 4.94. The van der Waals surface area contributed by atoms with Gasteiger partial charge in [-0.25, -0.2) is 0 Å². The molecule has 2 N–H and O–H groups in total. The van der Waals surface area contributed by atoms with Gasteiger partial charge in [0.2, 0.25) is 0 Å². The minimum atomic E-state index is -0.512. The number of phenolic OH excluding ortho intramolecular Hbond substituents is 1. The van der Waals surface area contributed by atoms with Crippen molar-refractivity contribution in [3.63, 3.8) is 0 Å². The van der Waals surface area contributed by atoms with Crippen molar-refractivity contribution in [2.45, 2.75) is 0 Å². The molecule has 0 aliphatic carbocycles. The van der Waals surface area contributed by atoms with Crippen LogP contribution in [-0.2, 0) is 0 Å². The molecule has 3 aromatic carbocycles. The molecule has 0 heterocycles. The van der Waals surface area contributed by atoms with Crippen molar-refractivity contribution in [2.24, 2.45) is 0 Å². The lowest BCUT2D eigenvalue weighted by atomic mass is 10.0. The standard InChI is InChI=1S/C17H12N2O4/c20-15-10-5-11-3-1-2-4-14(11)16(15)17(21)18-12-6-8-13(9-7-12)19(22)23/h1-10,20H,(H,18,21). The summed E-state index contributed by atoms with van der Waals surface area (Å²) >= 11 is 0. The van der Waals surface area contributed by atoms with E-state index in [1.165, 1.54) is 30.3 Å². The third-order valence-corrected chi connectivity index (χ3v) is 3.47. The van der Waals surface area contributed by atoms with Crippen LogP contribution in [-0.4, -0.2) is 15.9 Å². The Morgan fingerprint density at radius 3 is 2.39 bits per heavy atom. The fraction of sp³-hybridized carbons (Fsp3) is 0. The van der Waals surface area contributed by atoms with Gasteiger partial charge in [0, 0.05) is 17.8 Å². The normalized spacial score (nSPS) is 10.4. The van der Waals surface area contributed by atoms with Crippen molar-refractivity contribution in [3.8, 4) is 5.75 Å². The summed E-state index contributed by atoms with van der Waals surface area (Å²) in [6.45, 7) is 0. The molecule has 0 aliphatic heterocycles. The van der Waals surface area contributed by atoms with E-state index >= 15 is 0 Å². The highest BCUT2D eigenvalue weighted by Crippen LogP contribution is 2.28. The summed E-state index contributed by atoms with van der Waals surface area (Å²) in [5, 5.41) is 24.8. The zero-order valence-electron chi connectivity index (χ0n) is 11.9. The first-order chi connectivity index (χ1) is 11.1. The maximum absolute atomic E-state index is 12.5. The highest BCUT2D eigenvalue weighted by molar-refractivity contribution is 6.14. The van der Waals surface area contributed by atoms with Gasteiger partial charge in [0.1, 0.15) is 5.75 Å². The Bertz CT molecular complexity index is 904. The van der Waals surface area contributed by atoms with Crippen LogP contribution < -0.4 is 5.32 Å². The predicted molar refractivity (Wildman–Crippen MR) is 86.7 cm³/mol. The van der Waals surface area contributed by atoms with Crippen molar-refractivity contribution >= 4 is 28.1 Å². The quantitative estimate of drug-likeness (QED) is 0.570. The van der Waals surface area contributed by atoms with E-state index in [0.717, 1.165) is 5.39 Å². The number of benzene rings is 3. The summed E-state index contributed by atoms with van der Waals surface area (Å²) in [4.78, 5) is 22.6. The third-order valence-electron chi connectivity index (χ3n) is 3.47. The largest absolute Gasteiger partial charge is 0.507 e. The van der Waals surface area contributed by atoms with E-state index in [-0.39, 0.29) is 17.0 Å². The van der Waals surface area contributed by atoms with Gasteiger partial charge >= 0.3 is 0 Å². The van der Waals surface area contributed by atoms with Crippen LogP contribution in [0.2, 0.25) is 0 Å². The van der Waals surface area contributed by atoms with Crippen LogP contribution in [0.25, 0.3) is 10.8 Å². The lowest BCUT2D eigenvalue weighted by Gasteiger charge is -2.10. The summed E-state index contributed by atoms with van der Waals surface area (Å²) in [5.41, 5.74) is 0.519. The average Bonchev–Trinajstić information content (AvgIpc) is 2.55. The van der Waals surface area contributed by atoms with Gasteiger partial charge in [-0.05, 0) is 29.0 Å². The zero-order valence-corrected chi connectivity index (χ0v) is 11.9. The van der Waals surface area contributed by atoms with E-state index in [1.807, 2.05) is 12.1 Å². The maximum Gasteiger partial charge on any atom is 0.269 e. The van der Waals surface area contributed by atoms with Gasteiger partial charge in [0.15, 0.2) is 0 Å². The Morgan fingerprint density at radius 2 is 1.70 bits per heavy atom. The van der Waals surface area contributed by atoms with Crippen molar-refractivity contribution < 1.29 is 14.8 Å². The molecule has 3 rings (SSSR count). The topological polar surface area (TPSA) is 92.5 Å². The maximum atomic E-state index is 12.5. The second-order valence-corrected chi connectivity index (χ2v) is 4.94. The molecule has 3 aromatic rings. The summed E-state index contributed by atoms with van der Waals surface area (Å²) in [7, 11) is 0. The van der Waals surface area contributed by atoms with Gasteiger partial charge in [0.05, 0.1) is 10.5 Å². The Labute approximate surface area is 131 Å². The number of carbonyl (C=O) groups is 1. The van der Waals surface area contributed by atoms with Crippen molar-refractivity contribution in [1.29, 1.82) is 0 Å². The van der Waals surface area contributed by atoms with Crippen LogP contribution in [0, 0.1) is 10.1 Å². The summed E-state index contributed by atoms with van der Waals surface area (Å²) in [5.74, 6) is -0.601. The number of nitrogens with zero attached hydrogens (tertiary/aromatic N) is 1. The van der Waals surface area contributed by atoms with Gasteiger partial charge in [-0.15, -0.1) is 0 Å². The number of rotatable bonds is 3. The second kappa shape index (κ2) is 5.76. The lowest BCUT2D eigenvalue weighted by Crippen LogP contribution is -2.12. The first kappa shape index (κ1) is 14.5. The molecule has 0 atom stereocenters. The summed E-state index contributed by atoms with van der Waals surface area (Å²) in [6, 6.07) is 15.9. The summed E-state index contributed by atoms with van der Waals surface area (Å²) < 4.78 is 0. The molecule has 0 saturated carbocycles. The number of nitrogens with one attached hydrogen (secondary N) is 1. The van der Waals surface area contributed by atoms with E-state index < -0.39 is 10.8 Å². The number of hydrogen-bond acceptors (Lipinski definition) is 4. The number of non-ortho nitro benzene ring substituents is 1. The van der Waals surface area contributed by atoms with Crippen LogP contribution in [0.3, 0.4) is 0 Å².